The number of sulfonamides is 1. The number of aryl methyl sites for hydroxylation is 1. The number of nitrogens with one attached hydrogen (secondary N) is 1. The van der Waals surface area contributed by atoms with Crippen LogP contribution in [-0.2, 0) is 10.0 Å². The number of benzene rings is 2. The summed E-state index contributed by atoms with van der Waals surface area (Å²) in [6.07, 6.45) is 0.379. The number of nitriles is 1. The maximum Gasteiger partial charge on any atom is 0.336 e. The monoisotopic (exact) mass is 513 g/mol. The second-order valence-electron chi connectivity index (χ2n) is 8.66. The number of imidazole rings is 1. The summed E-state index contributed by atoms with van der Waals surface area (Å²) in [5.74, 6) is -0.356. The van der Waals surface area contributed by atoms with Gasteiger partial charge in [0.2, 0.25) is 5.88 Å². The quantitative estimate of drug-likeness (QED) is 0.552. The summed E-state index contributed by atoms with van der Waals surface area (Å²) in [6.45, 7) is 3.57. The van der Waals surface area contributed by atoms with Crippen LogP contribution in [0.1, 0.15) is 40.9 Å². The minimum absolute atomic E-state index is 0.0418. The second kappa shape index (κ2) is 7.90. The van der Waals surface area contributed by atoms with Crippen molar-refractivity contribution < 1.29 is 18.3 Å². The van der Waals surface area contributed by atoms with Crippen LogP contribution >= 0.6 is 11.6 Å². The number of hydrogen-bond donors (Lipinski definition) is 2. The normalized spacial score (nSPS) is 18.4. The predicted molar refractivity (Wildman–Crippen MR) is 126 cm³/mol. The zero-order valence-electron chi connectivity index (χ0n) is 18.7. The Hall–Kier alpha value is -3.75. The Morgan fingerprint density at radius 1 is 1.20 bits per heavy atom. The highest BCUT2D eigenvalue weighted by molar-refractivity contribution is 7.90. The van der Waals surface area contributed by atoms with Crippen molar-refractivity contribution in [2.75, 3.05) is 6.54 Å². The highest BCUT2D eigenvalue weighted by atomic mass is 35.5. The lowest BCUT2D eigenvalue weighted by Crippen LogP contribution is -2.45. The van der Waals surface area contributed by atoms with E-state index >= 15 is 0 Å². The molecule has 35 heavy (non-hydrogen) atoms. The van der Waals surface area contributed by atoms with E-state index in [9.17, 15) is 28.4 Å². The van der Waals surface area contributed by atoms with Crippen LogP contribution in [0.3, 0.4) is 0 Å². The Bertz CT molecular complexity index is 1600. The zero-order valence-corrected chi connectivity index (χ0v) is 20.3. The molecule has 2 aliphatic heterocycles. The van der Waals surface area contributed by atoms with E-state index in [-0.39, 0.29) is 33.6 Å². The number of carbonyl (C=O) groups excluding carboxylic acids is 1. The number of aromatic hydroxyl groups is 1. The zero-order chi connectivity index (χ0) is 25.2. The highest BCUT2D eigenvalue weighted by Gasteiger charge is 2.49. The van der Waals surface area contributed by atoms with Crippen molar-refractivity contribution in [2.45, 2.75) is 37.2 Å². The molecule has 5 rings (SSSR count). The third-order valence-corrected chi connectivity index (χ3v) is 8.41. The molecule has 2 aromatic carbocycles. The summed E-state index contributed by atoms with van der Waals surface area (Å²) in [7, 11) is -4.10. The standard InChI is InChI=1S/C23H20ClN5O5S/c1-12-3-6-16(7-4-12)35(33,34)26-22(31)27-11-15-9-18(27)20-21(30)29(23(32)28(15)20)17-8-5-14(10-25)19(24)13(17)2/h3-8,15,18,30H,9,11H2,1-2H3,(H,26,31)/t15-,18-/m0/s1. The lowest BCUT2D eigenvalue weighted by Gasteiger charge is -2.27. The molecule has 2 amide bonds. The Morgan fingerprint density at radius 2 is 1.89 bits per heavy atom. The molecule has 2 N–H and O–H groups in total. The van der Waals surface area contributed by atoms with Crippen molar-refractivity contribution in [1.82, 2.24) is 18.8 Å². The number of amides is 2. The summed E-state index contributed by atoms with van der Waals surface area (Å²) in [5, 5.41) is 20.4. The minimum Gasteiger partial charge on any atom is -0.493 e. The molecule has 3 heterocycles. The van der Waals surface area contributed by atoms with Crippen LogP contribution < -0.4 is 10.4 Å². The molecular weight excluding hydrogens is 494 g/mol. The van der Waals surface area contributed by atoms with Gasteiger partial charge in [0.1, 0.15) is 11.8 Å². The summed E-state index contributed by atoms with van der Waals surface area (Å²) in [5.41, 5.74) is 1.61. The number of fused-ring (bicyclic) bond motifs is 5. The molecule has 3 aromatic rings. The smallest absolute Gasteiger partial charge is 0.336 e. The summed E-state index contributed by atoms with van der Waals surface area (Å²) in [6, 6.07) is 9.11. The van der Waals surface area contributed by atoms with E-state index in [0.29, 0.717) is 17.7 Å². The third-order valence-electron chi connectivity index (χ3n) is 6.59. The van der Waals surface area contributed by atoms with Gasteiger partial charge in [-0.1, -0.05) is 29.3 Å². The molecule has 10 nitrogen and oxygen atoms in total. The van der Waals surface area contributed by atoms with Crippen LogP contribution in [-0.4, -0.2) is 40.1 Å². The molecule has 0 saturated carbocycles. The number of halogens is 1. The first kappa shape index (κ1) is 23.0. The first-order chi connectivity index (χ1) is 16.5. The first-order valence-electron chi connectivity index (χ1n) is 10.7. The number of rotatable bonds is 3. The molecule has 2 bridgehead atoms. The van der Waals surface area contributed by atoms with Crippen LogP contribution in [0, 0.1) is 25.2 Å². The molecule has 0 unspecified atom stereocenters. The lowest BCUT2D eigenvalue weighted by atomic mass is 10.1. The number of carbonyl (C=O) groups is 1. The molecule has 1 aromatic heterocycles. The van der Waals surface area contributed by atoms with Crippen molar-refractivity contribution in [3.05, 3.63) is 74.3 Å². The van der Waals surface area contributed by atoms with Crippen molar-refractivity contribution in [1.29, 1.82) is 5.26 Å². The largest absolute Gasteiger partial charge is 0.493 e. The van der Waals surface area contributed by atoms with E-state index in [1.165, 1.54) is 33.7 Å². The van der Waals surface area contributed by atoms with Gasteiger partial charge in [0.15, 0.2) is 0 Å². The van der Waals surface area contributed by atoms with Gasteiger partial charge in [-0.05, 0) is 50.1 Å². The van der Waals surface area contributed by atoms with Gasteiger partial charge >= 0.3 is 11.7 Å². The fourth-order valence-electron chi connectivity index (χ4n) is 4.84. The molecule has 1 fully saturated rings. The lowest BCUT2D eigenvalue weighted by molar-refractivity contribution is 0.190. The van der Waals surface area contributed by atoms with Gasteiger partial charge in [-0.15, -0.1) is 0 Å². The average molecular weight is 514 g/mol. The second-order valence-corrected chi connectivity index (χ2v) is 10.7. The van der Waals surface area contributed by atoms with Crippen LogP contribution in [0.5, 0.6) is 5.88 Å². The molecule has 0 radical (unpaired) electrons. The van der Waals surface area contributed by atoms with Crippen LogP contribution in [0.4, 0.5) is 4.79 Å². The van der Waals surface area contributed by atoms with E-state index < -0.39 is 33.8 Å². The minimum atomic E-state index is -4.10. The van der Waals surface area contributed by atoms with E-state index in [2.05, 4.69) is 4.72 Å². The van der Waals surface area contributed by atoms with Crippen LogP contribution in [0.2, 0.25) is 5.02 Å². The number of aromatic nitrogens is 2. The molecule has 0 spiro atoms. The van der Waals surface area contributed by atoms with Crippen molar-refractivity contribution in [3.63, 3.8) is 0 Å². The molecule has 1 saturated heterocycles. The van der Waals surface area contributed by atoms with Crippen LogP contribution in [0.15, 0.2) is 46.1 Å². The van der Waals surface area contributed by atoms with Gasteiger partial charge in [0.25, 0.3) is 10.0 Å². The molecule has 2 atom stereocenters. The summed E-state index contributed by atoms with van der Waals surface area (Å²) >= 11 is 6.26. The maximum absolute atomic E-state index is 13.3. The SMILES string of the molecule is Cc1ccc(S(=O)(=O)NC(=O)N2C[C@@H]3C[C@H]2c2c(O)n(-c4ccc(C#N)c(Cl)c4C)c(=O)n23)cc1. The average Bonchev–Trinajstić information content (AvgIpc) is 3.47. The van der Waals surface area contributed by atoms with Gasteiger partial charge in [-0.25, -0.2) is 27.3 Å². The fourth-order valence-corrected chi connectivity index (χ4v) is 6.00. The molecule has 180 valence electrons. The van der Waals surface area contributed by atoms with E-state index in [0.717, 1.165) is 10.1 Å². The van der Waals surface area contributed by atoms with Gasteiger partial charge in [0.05, 0.1) is 33.3 Å². The van der Waals surface area contributed by atoms with Crippen molar-refractivity contribution in [2.24, 2.45) is 0 Å². The maximum atomic E-state index is 13.3. The number of hydrogen-bond acceptors (Lipinski definition) is 6. The van der Waals surface area contributed by atoms with E-state index in [1.807, 2.05) is 13.0 Å². The van der Waals surface area contributed by atoms with E-state index in [1.54, 1.807) is 19.1 Å². The molecule has 0 aliphatic carbocycles. The number of likely N-dealkylation sites (tertiary alicyclic amines) is 1. The van der Waals surface area contributed by atoms with E-state index in [4.69, 9.17) is 11.6 Å². The molecule has 12 heteroatoms. The Kier molecular flexibility index (Phi) is 5.19. The first-order valence-corrected chi connectivity index (χ1v) is 12.6. The van der Waals surface area contributed by atoms with Gasteiger partial charge in [-0.3, -0.25) is 4.57 Å². The van der Waals surface area contributed by atoms with Crippen molar-refractivity contribution in [3.8, 4) is 17.6 Å². The van der Waals surface area contributed by atoms with Gasteiger partial charge < -0.3 is 10.0 Å². The number of urea groups is 1. The molecular formula is C23H20ClN5O5S. The Labute approximate surface area is 205 Å². The number of nitrogens with zero attached hydrogens (tertiary/aromatic N) is 4. The Balaban J connectivity index is 1.49. The van der Waals surface area contributed by atoms with Crippen molar-refractivity contribution >= 4 is 27.7 Å². The molecule has 2 aliphatic rings. The van der Waals surface area contributed by atoms with Crippen LogP contribution in [0.25, 0.3) is 5.69 Å². The summed E-state index contributed by atoms with van der Waals surface area (Å²) in [4.78, 5) is 27.5. The highest BCUT2D eigenvalue weighted by Crippen LogP contribution is 2.48. The Morgan fingerprint density at radius 3 is 2.54 bits per heavy atom. The van der Waals surface area contributed by atoms with Gasteiger partial charge in [0, 0.05) is 6.54 Å². The fraction of sp³-hybridized carbons (Fsp3) is 0.261. The topological polar surface area (TPSA) is 137 Å². The predicted octanol–water partition coefficient (Wildman–Crippen LogP) is 2.89. The summed E-state index contributed by atoms with van der Waals surface area (Å²) < 4.78 is 30.0. The van der Waals surface area contributed by atoms with Gasteiger partial charge in [-0.2, -0.15) is 5.26 Å². The third kappa shape index (κ3) is 3.40.